The maximum Gasteiger partial charge on any atom is 0.241 e. The molecule has 2 heterocycles. The zero-order valence-electron chi connectivity index (χ0n) is 11.3. The highest BCUT2D eigenvalue weighted by molar-refractivity contribution is 7.89. The topological polar surface area (TPSA) is 97.1 Å². The Hall–Kier alpha value is -1.93. The Morgan fingerprint density at radius 3 is 2.80 bits per heavy atom. The van der Waals surface area contributed by atoms with Gasteiger partial charge in [0, 0.05) is 24.9 Å². The summed E-state index contributed by atoms with van der Waals surface area (Å²) in [5, 5.41) is 6.66. The van der Waals surface area contributed by atoms with Crippen LogP contribution < -0.4 is 10.0 Å². The molecule has 2 aromatic heterocycles. The monoisotopic (exact) mass is 296 g/mol. The molecule has 0 amide bonds. The predicted octanol–water partition coefficient (Wildman–Crippen LogP) is 1.29. The molecule has 7 nitrogen and oxygen atoms in total. The summed E-state index contributed by atoms with van der Waals surface area (Å²) in [7, 11) is -3.61. The number of anilines is 1. The summed E-state index contributed by atoms with van der Waals surface area (Å²) >= 11 is 0. The number of rotatable bonds is 6. The number of aryl methyl sites for hydroxylation is 1. The summed E-state index contributed by atoms with van der Waals surface area (Å²) in [6.45, 7) is 4.41. The highest BCUT2D eigenvalue weighted by atomic mass is 32.2. The third kappa shape index (κ3) is 3.55. The van der Waals surface area contributed by atoms with Crippen molar-refractivity contribution in [3.63, 3.8) is 0 Å². The van der Waals surface area contributed by atoms with Crippen molar-refractivity contribution in [3.05, 3.63) is 35.9 Å². The lowest BCUT2D eigenvalue weighted by Crippen LogP contribution is -2.23. The van der Waals surface area contributed by atoms with Gasteiger partial charge >= 0.3 is 0 Å². The highest BCUT2D eigenvalue weighted by Crippen LogP contribution is 2.13. The fourth-order valence-corrected chi connectivity index (χ4v) is 2.61. The molecule has 0 spiro atoms. The van der Waals surface area contributed by atoms with Crippen molar-refractivity contribution in [2.24, 2.45) is 0 Å². The summed E-state index contributed by atoms with van der Waals surface area (Å²) in [6.07, 6.45) is 1.45. The highest BCUT2D eigenvalue weighted by Gasteiger charge is 2.15. The molecule has 108 valence electrons. The lowest BCUT2D eigenvalue weighted by molar-refractivity contribution is 0.377. The van der Waals surface area contributed by atoms with E-state index in [4.69, 9.17) is 4.52 Å². The molecule has 0 aliphatic rings. The fraction of sp³-hybridized carbons (Fsp3) is 0.333. The maximum atomic E-state index is 12.1. The van der Waals surface area contributed by atoms with E-state index in [1.165, 1.54) is 18.3 Å². The molecule has 0 unspecified atom stereocenters. The van der Waals surface area contributed by atoms with Gasteiger partial charge in [-0.3, -0.25) is 0 Å². The van der Waals surface area contributed by atoms with Gasteiger partial charge in [-0.25, -0.2) is 18.1 Å². The van der Waals surface area contributed by atoms with Gasteiger partial charge < -0.3 is 9.84 Å². The van der Waals surface area contributed by atoms with Crippen LogP contribution in [0, 0.1) is 6.92 Å². The van der Waals surface area contributed by atoms with E-state index in [-0.39, 0.29) is 11.4 Å². The molecule has 2 aromatic rings. The summed E-state index contributed by atoms with van der Waals surface area (Å²) in [5.74, 6) is 0.984. The molecule has 0 radical (unpaired) electrons. The summed E-state index contributed by atoms with van der Waals surface area (Å²) in [4.78, 5) is 4.18. The van der Waals surface area contributed by atoms with Crippen molar-refractivity contribution in [1.82, 2.24) is 14.9 Å². The van der Waals surface area contributed by atoms with Gasteiger partial charge in [-0.1, -0.05) is 5.16 Å². The van der Waals surface area contributed by atoms with Crippen LogP contribution >= 0.6 is 0 Å². The van der Waals surface area contributed by atoms with Crippen LogP contribution in [0.4, 0.5) is 5.82 Å². The Morgan fingerprint density at radius 2 is 2.15 bits per heavy atom. The molecule has 0 saturated carbocycles. The molecular weight excluding hydrogens is 280 g/mol. The Kier molecular flexibility index (Phi) is 4.35. The SMILES string of the molecule is CCNc1cc(S(=O)(=O)NCc2cc(C)no2)ccn1. The molecule has 2 rings (SSSR count). The summed E-state index contributed by atoms with van der Waals surface area (Å²) < 4.78 is 31.7. The van der Waals surface area contributed by atoms with E-state index in [0.717, 1.165) is 0 Å². The van der Waals surface area contributed by atoms with E-state index in [2.05, 4.69) is 20.2 Å². The third-order valence-corrected chi connectivity index (χ3v) is 3.91. The quantitative estimate of drug-likeness (QED) is 0.833. The van der Waals surface area contributed by atoms with Gasteiger partial charge in [0.25, 0.3) is 0 Å². The molecule has 8 heteroatoms. The Balaban J connectivity index is 2.11. The molecule has 0 aliphatic heterocycles. The molecule has 0 aromatic carbocycles. The molecule has 20 heavy (non-hydrogen) atoms. The van der Waals surface area contributed by atoms with Crippen LogP contribution in [0.2, 0.25) is 0 Å². The Morgan fingerprint density at radius 1 is 1.35 bits per heavy atom. The number of nitrogens with one attached hydrogen (secondary N) is 2. The van der Waals surface area contributed by atoms with E-state index in [0.29, 0.717) is 23.8 Å². The van der Waals surface area contributed by atoms with Gasteiger partial charge in [0.15, 0.2) is 5.76 Å². The minimum absolute atomic E-state index is 0.0576. The van der Waals surface area contributed by atoms with Crippen molar-refractivity contribution in [3.8, 4) is 0 Å². The molecular formula is C12H16N4O3S. The molecule has 0 atom stereocenters. The van der Waals surface area contributed by atoms with Crippen LogP contribution in [-0.4, -0.2) is 25.1 Å². The second-order valence-electron chi connectivity index (χ2n) is 4.17. The molecule has 0 aliphatic carbocycles. The first-order chi connectivity index (χ1) is 9.51. The van der Waals surface area contributed by atoms with E-state index in [9.17, 15) is 8.42 Å². The summed E-state index contributed by atoms with van der Waals surface area (Å²) in [5.41, 5.74) is 0.706. The van der Waals surface area contributed by atoms with Crippen molar-refractivity contribution < 1.29 is 12.9 Å². The molecule has 0 bridgehead atoms. The average Bonchev–Trinajstić information content (AvgIpc) is 2.83. The zero-order valence-corrected chi connectivity index (χ0v) is 12.1. The van der Waals surface area contributed by atoms with Crippen LogP contribution in [0.15, 0.2) is 33.8 Å². The Labute approximate surface area is 117 Å². The molecule has 0 fully saturated rings. The number of hydrogen-bond donors (Lipinski definition) is 2. The third-order valence-electron chi connectivity index (χ3n) is 2.51. The molecule has 0 saturated heterocycles. The van der Waals surface area contributed by atoms with Crippen molar-refractivity contribution in [1.29, 1.82) is 0 Å². The van der Waals surface area contributed by atoms with Gasteiger partial charge in [-0.15, -0.1) is 0 Å². The van der Waals surface area contributed by atoms with E-state index in [1.54, 1.807) is 13.0 Å². The lowest BCUT2D eigenvalue weighted by Gasteiger charge is -2.07. The van der Waals surface area contributed by atoms with Crippen LogP contribution in [0.25, 0.3) is 0 Å². The first-order valence-electron chi connectivity index (χ1n) is 6.13. The zero-order chi connectivity index (χ0) is 14.6. The van der Waals surface area contributed by atoms with Gasteiger partial charge in [-0.05, 0) is 19.9 Å². The van der Waals surface area contributed by atoms with E-state index in [1.807, 2.05) is 6.92 Å². The largest absolute Gasteiger partial charge is 0.370 e. The number of nitrogens with zero attached hydrogens (tertiary/aromatic N) is 2. The van der Waals surface area contributed by atoms with Gasteiger partial charge in [0.2, 0.25) is 10.0 Å². The normalized spacial score (nSPS) is 11.5. The lowest BCUT2D eigenvalue weighted by atomic mass is 10.4. The number of pyridine rings is 1. The standard InChI is InChI=1S/C12H16N4O3S/c1-3-13-12-7-11(4-5-14-12)20(17,18)15-8-10-6-9(2)16-19-10/h4-7,15H,3,8H2,1-2H3,(H,13,14). The average molecular weight is 296 g/mol. The second-order valence-corrected chi connectivity index (χ2v) is 5.93. The number of hydrogen-bond acceptors (Lipinski definition) is 6. The van der Waals surface area contributed by atoms with Crippen LogP contribution in [0.5, 0.6) is 0 Å². The van der Waals surface area contributed by atoms with Crippen LogP contribution in [0.3, 0.4) is 0 Å². The predicted molar refractivity (Wildman–Crippen MR) is 73.7 cm³/mol. The van der Waals surface area contributed by atoms with Gasteiger partial charge in [0.1, 0.15) is 5.82 Å². The van der Waals surface area contributed by atoms with Crippen molar-refractivity contribution in [2.75, 3.05) is 11.9 Å². The first-order valence-corrected chi connectivity index (χ1v) is 7.61. The van der Waals surface area contributed by atoms with Gasteiger partial charge in [-0.2, -0.15) is 0 Å². The maximum absolute atomic E-state index is 12.1. The second kappa shape index (κ2) is 6.02. The van der Waals surface area contributed by atoms with Crippen LogP contribution in [0.1, 0.15) is 18.4 Å². The van der Waals surface area contributed by atoms with E-state index < -0.39 is 10.0 Å². The van der Waals surface area contributed by atoms with E-state index >= 15 is 0 Å². The number of sulfonamides is 1. The minimum Gasteiger partial charge on any atom is -0.370 e. The van der Waals surface area contributed by atoms with Crippen LogP contribution in [-0.2, 0) is 16.6 Å². The fourth-order valence-electron chi connectivity index (χ4n) is 1.61. The first kappa shape index (κ1) is 14.5. The van der Waals surface area contributed by atoms with Crippen molar-refractivity contribution in [2.45, 2.75) is 25.3 Å². The smallest absolute Gasteiger partial charge is 0.241 e. The minimum atomic E-state index is -3.61. The molecule has 2 N–H and O–H groups in total. The number of aromatic nitrogens is 2. The Bertz CT molecular complexity index is 682. The summed E-state index contributed by atoms with van der Waals surface area (Å²) in [6, 6.07) is 4.60. The van der Waals surface area contributed by atoms with Gasteiger partial charge in [0.05, 0.1) is 17.1 Å². The van der Waals surface area contributed by atoms with Crippen molar-refractivity contribution >= 4 is 15.8 Å².